The molecule has 0 bridgehead atoms. The standard InChI is InChI=1S/C14H16F3NO2S/c1-9-8-13(4-5-18(9)12(19)14(15,16)17)11-10(2-6-20-13)3-7-21-11/h3,7,9H,2,4-6,8H2,1H3/t9-,13?/m0/s1. The number of thiophene rings is 1. The summed E-state index contributed by atoms with van der Waals surface area (Å²) < 4.78 is 43.8. The zero-order chi connectivity index (χ0) is 15.3. The normalized spacial score (nSPS) is 29.5. The molecule has 3 nitrogen and oxygen atoms in total. The minimum Gasteiger partial charge on any atom is -0.369 e. The number of hydrogen-bond donors (Lipinski definition) is 0. The molecule has 1 aromatic heterocycles. The van der Waals surface area contributed by atoms with Crippen LogP contribution in [-0.4, -0.2) is 36.2 Å². The van der Waals surface area contributed by atoms with Crippen LogP contribution >= 0.6 is 11.3 Å². The van der Waals surface area contributed by atoms with E-state index >= 15 is 0 Å². The molecule has 0 radical (unpaired) electrons. The molecule has 1 fully saturated rings. The second kappa shape index (κ2) is 4.98. The Hall–Kier alpha value is -1.08. The van der Waals surface area contributed by atoms with E-state index in [4.69, 9.17) is 4.74 Å². The van der Waals surface area contributed by atoms with Crippen LogP contribution in [0.25, 0.3) is 0 Å². The number of ether oxygens (including phenoxy) is 1. The summed E-state index contributed by atoms with van der Waals surface area (Å²) in [6.45, 7) is 2.33. The Kier molecular flexibility index (Phi) is 3.52. The Morgan fingerprint density at radius 1 is 1.52 bits per heavy atom. The number of carbonyl (C=O) groups excluding carboxylic acids is 1. The molecule has 1 unspecified atom stereocenters. The smallest absolute Gasteiger partial charge is 0.369 e. The van der Waals surface area contributed by atoms with E-state index in [2.05, 4.69) is 6.07 Å². The molecular weight excluding hydrogens is 303 g/mol. The number of rotatable bonds is 0. The highest BCUT2D eigenvalue weighted by Gasteiger charge is 2.50. The molecule has 3 rings (SSSR count). The molecule has 0 aliphatic carbocycles. The zero-order valence-corrected chi connectivity index (χ0v) is 12.4. The van der Waals surface area contributed by atoms with Gasteiger partial charge in [-0.3, -0.25) is 4.79 Å². The Balaban J connectivity index is 1.83. The van der Waals surface area contributed by atoms with Gasteiger partial charge >= 0.3 is 12.1 Å². The number of fused-ring (bicyclic) bond motifs is 2. The summed E-state index contributed by atoms with van der Waals surface area (Å²) in [4.78, 5) is 13.5. The van der Waals surface area contributed by atoms with E-state index in [-0.39, 0.29) is 6.54 Å². The number of alkyl halides is 3. The summed E-state index contributed by atoms with van der Waals surface area (Å²) in [5.74, 6) is -1.74. The number of hydrogen-bond acceptors (Lipinski definition) is 3. The third-order valence-electron chi connectivity index (χ3n) is 4.33. The molecular formula is C14H16F3NO2S. The minimum absolute atomic E-state index is 0.0802. The van der Waals surface area contributed by atoms with Gasteiger partial charge in [0, 0.05) is 23.9 Å². The van der Waals surface area contributed by atoms with E-state index in [0.29, 0.717) is 19.4 Å². The monoisotopic (exact) mass is 319 g/mol. The van der Waals surface area contributed by atoms with Gasteiger partial charge in [-0.2, -0.15) is 13.2 Å². The lowest BCUT2D eigenvalue weighted by atomic mass is 9.82. The number of likely N-dealkylation sites (tertiary alicyclic amines) is 1. The van der Waals surface area contributed by atoms with Gasteiger partial charge in [-0.1, -0.05) is 0 Å². The average molecular weight is 319 g/mol. The van der Waals surface area contributed by atoms with E-state index in [1.54, 1.807) is 18.3 Å². The largest absolute Gasteiger partial charge is 0.471 e. The fourth-order valence-electron chi connectivity index (χ4n) is 3.37. The van der Waals surface area contributed by atoms with E-state index in [1.807, 2.05) is 5.38 Å². The Bertz CT molecular complexity index is 557. The molecule has 0 N–H and O–H groups in total. The zero-order valence-electron chi connectivity index (χ0n) is 11.6. The number of halogens is 3. The van der Waals surface area contributed by atoms with Crippen molar-refractivity contribution in [3.05, 3.63) is 21.9 Å². The van der Waals surface area contributed by atoms with Crippen LogP contribution < -0.4 is 0 Å². The van der Waals surface area contributed by atoms with Crippen molar-refractivity contribution in [1.82, 2.24) is 4.90 Å². The maximum atomic E-state index is 12.6. The summed E-state index contributed by atoms with van der Waals surface area (Å²) in [5.41, 5.74) is 0.720. The van der Waals surface area contributed by atoms with Gasteiger partial charge in [-0.25, -0.2) is 0 Å². The Morgan fingerprint density at radius 3 is 2.95 bits per heavy atom. The van der Waals surface area contributed by atoms with Gasteiger partial charge in [0.05, 0.1) is 6.61 Å². The van der Waals surface area contributed by atoms with Crippen molar-refractivity contribution in [1.29, 1.82) is 0 Å². The maximum Gasteiger partial charge on any atom is 0.471 e. The second-order valence-electron chi connectivity index (χ2n) is 5.67. The summed E-state index contributed by atoms with van der Waals surface area (Å²) in [6, 6.07) is 1.57. The van der Waals surface area contributed by atoms with Crippen LogP contribution in [0.4, 0.5) is 13.2 Å². The molecule has 2 aliphatic heterocycles. The van der Waals surface area contributed by atoms with Gasteiger partial charge in [0.15, 0.2) is 0 Å². The van der Waals surface area contributed by atoms with Gasteiger partial charge in [0.25, 0.3) is 0 Å². The molecule has 1 amide bonds. The molecule has 0 saturated carbocycles. The predicted octanol–water partition coefficient (Wildman–Crippen LogP) is 3.09. The molecule has 1 saturated heterocycles. The Morgan fingerprint density at radius 2 is 2.29 bits per heavy atom. The highest BCUT2D eigenvalue weighted by molar-refractivity contribution is 7.10. The van der Waals surface area contributed by atoms with Crippen molar-refractivity contribution < 1.29 is 22.7 Å². The summed E-state index contributed by atoms with van der Waals surface area (Å²) in [7, 11) is 0. The van der Waals surface area contributed by atoms with E-state index in [0.717, 1.165) is 16.2 Å². The van der Waals surface area contributed by atoms with Crippen LogP contribution in [0.3, 0.4) is 0 Å². The fourth-order valence-corrected chi connectivity index (χ4v) is 4.52. The van der Waals surface area contributed by atoms with E-state index in [9.17, 15) is 18.0 Å². The molecule has 2 aliphatic rings. The summed E-state index contributed by atoms with van der Waals surface area (Å²) in [6.07, 6.45) is -3.12. The van der Waals surface area contributed by atoms with Gasteiger partial charge in [-0.05, 0) is 36.8 Å². The van der Waals surface area contributed by atoms with Crippen LogP contribution in [0.1, 0.15) is 30.2 Å². The number of carbonyl (C=O) groups is 1. The highest BCUT2D eigenvalue weighted by Crippen LogP contribution is 2.46. The first kappa shape index (κ1) is 14.8. The van der Waals surface area contributed by atoms with Crippen LogP contribution in [0.15, 0.2) is 11.4 Å². The topological polar surface area (TPSA) is 29.5 Å². The van der Waals surface area contributed by atoms with Crippen LogP contribution in [0.2, 0.25) is 0 Å². The van der Waals surface area contributed by atoms with Gasteiger partial charge < -0.3 is 9.64 Å². The van der Waals surface area contributed by atoms with Crippen LogP contribution in [0, 0.1) is 0 Å². The third kappa shape index (κ3) is 2.46. The Labute approximate surface area is 124 Å². The quantitative estimate of drug-likeness (QED) is 0.735. The van der Waals surface area contributed by atoms with Gasteiger partial charge in [-0.15, -0.1) is 11.3 Å². The van der Waals surface area contributed by atoms with Crippen molar-refractivity contribution in [2.24, 2.45) is 0 Å². The van der Waals surface area contributed by atoms with Crippen LogP contribution in [-0.2, 0) is 21.6 Å². The summed E-state index contributed by atoms with van der Waals surface area (Å²) >= 11 is 1.60. The molecule has 7 heteroatoms. The molecule has 0 aromatic carbocycles. The van der Waals surface area contributed by atoms with Crippen molar-refractivity contribution in [3.8, 4) is 0 Å². The first-order valence-electron chi connectivity index (χ1n) is 6.92. The number of amides is 1. The molecule has 2 atom stereocenters. The molecule has 1 spiro atoms. The van der Waals surface area contributed by atoms with Gasteiger partial charge in [0.1, 0.15) is 5.60 Å². The molecule has 116 valence electrons. The molecule has 1 aromatic rings. The van der Waals surface area contributed by atoms with Crippen molar-refractivity contribution in [3.63, 3.8) is 0 Å². The fraction of sp³-hybridized carbons (Fsp3) is 0.643. The second-order valence-corrected chi connectivity index (χ2v) is 6.58. The lowest BCUT2D eigenvalue weighted by molar-refractivity contribution is -0.194. The lowest BCUT2D eigenvalue weighted by Gasteiger charge is -2.47. The predicted molar refractivity (Wildman–Crippen MR) is 72.1 cm³/mol. The highest BCUT2D eigenvalue weighted by atomic mass is 32.1. The summed E-state index contributed by atoms with van der Waals surface area (Å²) in [5, 5.41) is 2.00. The first-order valence-corrected chi connectivity index (χ1v) is 7.80. The third-order valence-corrected chi connectivity index (χ3v) is 5.47. The van der Waals surface area contributed by atoms with Gasteiger partial charge in [0.2, 0.25) is 0 Å². The average Bonchev–Trinajstić information content (AvgIpc) is 2.87. The van der Waals surface area contributed by atoms with Crippen molar-refractivity contribution in [2.45, 2.75) is 44.0 Å². The minimum atomic E-state index is -4.81. The van der Waals surface area contributed by atoms with Crippen molar-refractivity contribution in [2.75, 3.05) is 13.2 Å². The maximum absolute atomic E-state index is 12.6. The SMILES string of the molecule is C[C@H]1CC2(CCN1C(=O)C(F)(F)F)OCCc1ccsc12. The molecule has 3 heterocycles. The molecule has 21 heavy (non-hydrogen) atoms. The number of piperidine rings is 1. The van der Waals surface area contributed by atoms with Crippen LogP contribution in [0.5, 0.6) is 0 Å². The first-order chi connectivity index (χ1) is 9.83. The number of nitrogens with zero attached hydrogens (tertiary/aromatic N) is 1. The lowest BCUT2D eigenvalue weighted by Crippen LogP contribution is -2.55. The van der Waals surface area contributed by atoms with Crippen molar-refractivity contribution >= 4 is 17.2 Å². The van der Waals surface area contributed by atoms with E-state index < -0.39 is 23.7 Å². The van der Waals surface area contributed by atoms with E-state index in [1.165, 1.54) is 5.56 Å².